The molecule has 0 radical (unpaired) electrons. The van der Waals surface area contributed by atoms with Crippen LogP contribution in [0.2, 0.25) is 5.02 Å². The number of thioether (sulfide) groups is 1. The number of esters is 1. The highest BCUT2D eigenvalue weighted by atomic mass is 35.5. The van der Waals surface area contributed by atoms with Gasteiger partial charge >= 0.3 is 5.97 Å². The van der Waals surface area contributed by atoms with E-state index in [0.29, 0.717) is 28.8 Å². The molecular formula is C22H22ClN3O5S. The minimum atomic E-state index is -0.838. The molecule has 1 heterocycles. The maximum absolute atomic E-state index is 12.6. The van der Waals surface area contributed by atoms with E-state index in [9.17, 15) is 9.59 Å². The normalized spacial score (nSPS) is 11.6. The van der Waals surface area contributed by atoms with Gasteiger partial charge in [0.2, 0.25) is 5.82 Å². The van der Waals surface area contributed by atoms with Crippen molar-refractivity contribution in [2.24, 2.45) is 0 Å². The van der Waals surface area contributed by atoms with Crippen LogP contribution in [0, 0.1) is 0 Å². The van der Waals surface area contributed by atoms with Crippen LogP contribution in [-0.4, -0.2) is 47.2 Å². The van der Waals surface area contributed by atoms with E-state index in [1.54, 1.807) is 67.4 Å². The van der Waals surface area contributed by atoms with Crippen LogP contribution in [0.1, 0.15) is 22.7 Å². The Balaban J connectivity index is 1.62. The van der Waals surface area contributed by atoms with Crippen molar-refractivity contribution in [3.05, 3.63) is 65.0 Å². The molecule has 32 heavy (non-hydrogen) atoms. The van der Waals surface area contributed by atoms with E-state index in [1.165, 1.54) is 0 Å². The zero-order valence-corrected chi connectivity index (χ0v) is 19.1. The van der Waals surface area contributed by atoms with Crippen molar-refractivity contribution in [2.75, 3.05) is 19.1 Å². The molecule has 10 heteroatoms. The van der Waals surface area contributed by atoms with Gasteiger partial charge in [-0.25, -0.2) is 4.79 Å². The smallest absolute Gasteiger partial charge is 0.329 e. The molecule has 0 unspecified atom stereocenters. The molecule has 0 aliphatic heterocycles. The van der Waals surface area contributed by atoms with Crippen molar-refractivity contribution in [2.45, 2.75) is 19.1 Å². The number of ether oxygens (including phenoxy) is 2. The van der Waals surface area contributed by atoms with Gasteiger partial charge in [0, 0.05) is 5.56 Å². The first-order chi connectivity index (χ1) is 15.5. The Morgan fingerprint density at radius 2 is 1.94 bits per heavy atom. The number of nitrogens with one attached hydrogen (secondary N) is 1. The third kappa shape index (κ3) is 6.24. The number of benzene rings is 2. The topological polar surface area (TPSA) is 104 Å². The van der Waals surface area contributed by atoms with E-state index in [1.807, 2.05) is 6.26 Å². The van der Waals surface area contributed by atoms with Crippen LogP contribution in [-0.2, 0) is 16.1 Å². The molecule has 3 rings (SSSR count). The molecule has 1 amide bonds. The Hall–Kier alpha value is -3.04. The van der Waals surface area contributed by atoms with Gasteiger partial charge in [-0.3, -0.25) is 4.79 Å². The first-order valence-electron chi connectivity index (χ1n) is 9.69. The van der Waals surface area contributed by atoms with Crippen LogP contribution in [0.4, 0.5) is 0 Å². The highest BCUT2D eigenvalue weighted by Gasteiger charge is 2.24. The van der Waals surface area contributed by atoms with Crippen LogP contribution in [0.5, 0.6) is 5.75 Å². The van der Waals surface area contributed by atoms with Crippen molar-refractivity contribution < 1.29 is 23.6 Å². The summed E-state index contributed by atoms with van der Waals surface area (Å²) in [5, 5.41) is 6.91. The van der Waals surface area contributed by atoms with Crippen LogP contribution in [0.15, 0.2) is 53.1 Å². The Bertz CT molecular complexity index is 1060. The zero-order valence-electron chi connectivity index (χ0n) is 17.5. The fourth-order valence-corrected chi connectivity index (χ4v) is 3.46. The van der Waals surface area contributed by atoms with Gasteiger partial charge in [0.15, 0.2) is 6.61 Å². The SMILES string of the molecule is COc1ccc(-c2noc(COC(=O)[C@H](CCSC)NC(=O)c3ccccc3Cl)n2)cc1. The number of hydrogen-bond acceptors (Lipinski definition) is 8. The van der Waals surface area contributed by atoms with Crippen molar-refractivity contribution in [1.29, 1.82) is 0 Å². The second kappa shape index (κ2) is 11.5. The second-order valence-electron chi connectivity index (χ2n) is 6.64. The molecule has 0 bridgehead atoms. The number of rotatable bonds is 10. The minimum Gasteiger partial charge on any atom is -0.497 e. The fourth-order valence-electron chi connectivity index (χ4n) is 2.77. The molecule has 168 valence electrons. The van der Waals surface area contributed by atoms with Crippen LogP contribution in [0.25, 0.3) is 11.4 Å². The van der Waals surface area contributed by atoms with Gasteiger partial charge in [0.25, 0.3) is 11.8 Å². The molecule has 2 aromatic carbocycles. The van der Waals surface area contributed by atoms with E-state index in [0.717, 1.165) is 5.56 Å². The van der Waals surface area contributed by atoms with Gasteiger partial charge in [-0.1, -0.05) is 28.9 Å². The lowest BCUT2D eigenvalue weighted by atomic mass is 10.1. The molecule has 1 aromatic heterocycles. The highest BCUT2D eigenvalue weighted by molar-refractivity contribution is 7.98. The van der Waals surface area contributed by atoms with E-state index < -0.39 is 17.9 Å². The van der Waals surface area contributed by atoms with E-state index in [4.69, 9.17) is 25.6 Å². The van der Waals surface area contributed by atoms with Gasteiger partial charge in [-0.15, -0.1) is 0 Å². The summed E-state index contributed by atoms with van der Waals surface area (Å²) in [6, 6.07) is 12.9. The Labute approximate surface area is 194 Å². The predicted molar refractivity (Wildman–Crippen MR) is 122 cm³/mol. The third-order valence-electron chi connectivity index (χ3n) is 4.47. The minimum absolute atomic E-state index is 0.144. The lowest BCUT2D eigenvalue weighted by molar-refractivity contribution is -0.148. The number of aromatic nitrogens is 2. The maximum Gasteiger partial charge on any atom is 0.329 e. The zero-order chi connectivity index (χ0) is 22.9. The maximum atomic E-state index is 12.6. The molecule has 0 saturated carbocycles. The molecule has 1 N–H and O–H groups in total. The summed E-state index contributed by atoms with van der Waals surface area (Å²) in [7, 11) is 1.58. The Morgan fingerprint density at radius 1 is 1.19 bits per heavy atom. The number of hydrogen-bond donors (Lipinski definition) is 1. The summed E-state index contributed by atoms with van der Waals surface area (Å²) in [5.74, 6) is 0.836. The van der Waals surface area contributed by atoms with Crippen LogP contribution < -0.4 is 10.1 Å². The fraction of sp³-hybridized carbons (Fsp3) is 0.273. The van der Waals surface area contributed by atoms with Crippen LogP contribution >= 0.6 is 23.4 Å². The average Bonchev–Trinajstić information content (AvgIpc) is 3.29. The summed E-state index contributed by atoms with van der Waals surface area (Å²) in [5.41, 5.74) is 1.02. The monoisotopic (exact) mass is 475 g/mol. The van der Waals surface area contributed by atoms with Gasteiger partial charge in [-0.05, 0) is 54.8 Å². The lowest BCUT2D eigenvalue weighted by Gasteiger charge is -2.17. The Morgan fingerprint density at radius 3 is 2.62 bits per heavy atom. The first-order valence-corrected chi connectivity index (χ1v) is 11.5. The summed E-state index contributed by atoms with van der Waals surface area (Å²) < 4.78 is 15.6. The van der Waals surface area contributed by atoms with Crippen LogP contribution in [0.3, 0.4) is 0 Å². The number of methoxy groups -OCH3 is 1. The van der Waals surface area contributed by atoms with Gasteiger partial charge in [-0.2, -0.15) is 16.7 Å². The molecule has 0 fully saturated rings. The van der Waals surface area contributed by atoms with Gasteiger partial charge in [0.05, 0.1) is 17.7 Å². The first kappa shape index (κ1) is 23.6. The molecular weight excluding hydrogens is 454 g/mol. The van der Waals surface area contributed by atoms with E-state index >= 15 is 0 Å². The van der Waals surface area contributed by atoms with Crippen molar-refractivity contribution >= 4 is 35.2 Å². The molecule has 0 spiro atoms. The third-order valence-corrected chi connectivity index (χ3v) is 5.45. The van der Waals surface area contributed by atoms with Gasteiger partial charge in [0.1, 0.15) is 11.8 Å². The number of carbonyl (C=O) groups excluding carboxylic acids is 2. The van der Waals surface area contributed by atoms with Gasteiger partial charge < -0.3 is 19.3 Å². The van der Waals surface area contributed by atoms with Crippen molar-refractivity contribution in [3.8, 4) is 17.1 Å². The molecule has 0 aliphatic carbocycles. The quantitative estimate of drug-likeness (QED) is 0.439. The Kier molecular flexibility index (Phi) is 8.52. The number of amides is 1. The number of nitrogens with zero attached hydrogens (tertiary/aromatic N) is 2. The molecule has 0 saturated heterocycles. The number of halogens is 1. The van der Waals surface area contributed by atoms with E-state index in [-0.39, 0.29) is 18.1 Å². The highest BCUT2D eigenvalue weighted by Crippen LogP contribution is 2.20. The molecule has 1 atom stereocenters. The predicted octanol–water partition coefficient (Wildman–Crippen LogP) is 3.99. The molecule has 3 aromatic rings. The standard InChI is InChI=1S/C22H22ClN3O5S/c1-29-15-9-7-14(8-10-15)20-25-19(31-26-20)13-30-22(28)18(11-12-32-2)24-21(27)16-5-3-4-6-17(16)23/h3-10,18H,11-13H2,1-2H3,(H,24,27)/t18-/m0/s1. The van der Waals surface area contributed by atoms with Crippen molar-refractivity contribution in [3.63, 3.8) is 0 Å². The largest absolute Gasteiger partial charge is 0.497 e. The average molecular weight is 476 g/mol. The summed E-state index contributed by atoms with van der Waals surface area (Å²) in [6.45, 7) is -0.209. The van der Waals surface area contributed by atoms with Crippen molar-refractivity contribution in [1.82, 2.24) is 15.5 Å². The number of carbonyl (C=O) groups is 2. The molecule has 0 aliphatic rings. The summed E-state index contributed by atoms with van der Waals surface area (Å²) in [6.07, 6.45) is 2.31. The molecule has 8 nitrogen and oxygen atoms in total. The van der Waals surface area contributed by atoms with E-state index in [2.05, 4.69) is 15.5 Å². The summed E-state index contributed by atoms with van der Waals surface area (Å²) in [4.78, 5) is 29.4. The second-order valence-corrected chi connectivity index (χ2v) is 8.03. The summed E-state index contributed by atoms with van der Waals surface area (Å²) >= 11 is 7.64. The lowest BCUT2D eigenvalue weighted by Crippen LogP contribution is -2.42.